The number of rotatable bonds is 8. The first kappa shape index (κ1) is 18.7. The molecule has 0 N–H and O–H groups in total. The summed E-state index contributed by atoms with van der Waals surface area (Å²) < 4.78 is 25.7. The Morgan fingerprint density at radius 1 is 1.10 bits per heavy atom. The molecule has 120 valence electrons. The fraction of sp³-hybridized carbons (Fsp3) is 0.647. The number of sulfone groups is 1. The molecule has 0 amide bonds. The van der Waals surface area contributed by atoms with E-state index in [1.807, 2.05) is 26.0 Å². The predicted molar refractivity (Wildman–Crippen MR) is 94.0 cm³/mol. The molecule has 0 heterocycles. The minimum atomic E-state index is -3.25. The van der Waals surface area contributed by atoms with E-state index in [1.54, 1.807) is 6.07 Å². The zero-order valence-electron chi connectivity index (χ0n) is 13.6. The van der Waals surface area contributed by atoms with Gasteiger partial charge in [-0.15, -0.1) is 0 Å². The Kier molecular flexibility index (Phi) is 6.92. The maximum atomic E-state index is 12.9. The van der Waals surface area contributed by atoms with Crippen LogP contribution in [0.25, 0.3) is 0 Å². The van der Waals surface area contributed by atoms with Crippen LogP contribution in [0, 0.1) is 19.3 Å². The fourth-order valence-electron chi connectivity index (χ4n) is 3.13. The summed E-state index contributed by atoms with van der Waals surface area (Å²) in [6, 6.07) is 5.59. The van der Waals surface area contributed by atoms with Crippen molar-refractivity contribution in [2.75, 3.05) is 11.1 Å². The highest BCUT2D eigenvalue weighted by atomic mass is 79.9. The number of alkyl halides is 1. The molecule has 0 aromatic heterocycles. The molecule has 0 saturated heterocycles. The third-order valence-electron chi connectivity index (χ3n) is 4.01. The van der Waals surface area contributed by atoms with Crippen LogP contribution in [0.2, 0.25) is 0 Å². The summed E-state index contributed by atoms with van der Waals surface area (Å²) in [5, 5.41) is 0.742. The van der Waals surface area contributed by atoms with Gasteiger partial charge in [-0.25, -0.2) is 8.42 Å². The van der Waals surface area contributed by atoms with E-state index in [9.17, 15) is 8.42 Å². The van der Waals surface area contributed by atoms with E-state index in [0.29, 0.717) is 4.90 Å². The average molecular weight is 375 g/mol. The normalized spacial score (nSPS) is 12.6. The van der Waals surface area contributed by atoms with E-state index in [-0.39, 0.29) is 11.2 Å². The first-order valence-electron chi connectivity index (χ1n) is 7.66. The Bertz CT molecular complexity index is 558. The van der Waals surface area contributed by atoms with E-state index in [2.05, 4.69) is 29.8 Å². The van der Waals surface area contributed by atoms with Crippen LogP contribution in [0.3, 0.4) is 0 Å². The molecule has 0 spiro atoms. The molecule has 0 aliphatic heterocycles. The number of aryl methyl sites for hydroxylation is 2. The maximum absolute atomic E-state index is 12.9. The van der Waals surface area contributed by atoms with Crippen molar-refractivity contribution in [3.63, 3.8) is 0 Å². The van der Waals surface area contributed by atoms with Gasteiger partial charge in [-0.2, -0.15) is 0 Å². The lowest BCUT2D eigenvalue weighted by molar-refractivity contribution is 0.314. The molecule has 0 fully saturated rings. The van der Waals surface area contributed by atoms with Crippen molar-refractivity contribution in [2.45, 2.75) is 58.3 Å². The number of benzene rings is 1. The Morgan fingerprint density at radius 2 is 1.67 bits per heavy atom. The van der Waals surface area contributed by atoms with Crippen molar-refractivity contribution in [2.24, 2.45) is 5.41 Å². The van der Waals surface area contributed by atoms with Crippen LogP contribution >= 0.6 is 15.9 Å². The molecule has 2 nitrogen and oxygen atoms in total. The summed E-state index contributed by atoms with van der Waals surface area (Å²) in [7, 11) is -3.25. The summed E-state index contributed by atoms with van der Waals surface area (Å²) in [6.07, 6.45) is 3.90. The van der Waals surface area contributed by atoms with Crippen molar-refractivity contribution in [3.05, 3.63) is 29.3 Å². The Labute approximate surface area is 138 Å². The molecule has 4 heteroatoms. The number of halogens is 1. The summed E-state index contributed by atoms with van der Waals surface area (Å²) in [4.78, 5) is 0.491. The van der Waals surface area contributed by atoms with Crippen LogP contribution in [0.5, 0.6) is 0 Å². The molecule has 1 aromatic rings. The second-order valence-electron chi connectivity index (χ2n) is 6.16. The molecular weight excluding hydrogens is 348 g/mol. The van der Waals surface area contributed by atoms with E-state index in [1.165, 1.54) is 0 Å². The predicted octanol–water partition coefficient (Wildman–Crippen LogP) is 5.06. The van der Waals surface area contributed by atoms with Gasteiger partial charge in [-0.05, 0) is 43.7 Å². The monoisotopic (exact) mass is 374 g/mol. The van der Waals surface area contributed by atoms with Gasteiger partial charge in [0.25, 0.3) is 0 Å². The van der Waals surface area contributed by atoms with E-state index in [4.69, 9.17) is 0 Å². The fourth-order valence-corrected chi connectivity index (χ4v) is 6.33. The molecule has 0 radical (unpaired) electrons. The molecule has 0 bridgehead atoms. The Balaban J connectivity index is 3.16. The van der Waals surface area contributed by atoms with Crippen LogP contribution in [0.4, 0.5) is 0 Å². The zero-order valence-corrected chi connectivity index (χ0v) is 16.0. The van der Waals surface area contributed by atoms with Crippen molar-refractivity contribution in [1.29, 1.82) is 0 Å². The molecular formula is C17H27BrO2S. The molecule has 21 heavy (non-hydrogen) atoms. The highest BCUT2D eigenvalue weighted by molar-refractivity contribution is 9.09. The lowest BCUT2D eigenvalue weighted by atomic mass is 9.83. The molecule has 0 unspecified atom stereocenters. The van der Waals surface area contributed by atoms with Gasteiger partial charge in [-0.3, -0.25) is 0 Å². The van der Waals surface area contributed by atoms with Crippen LogP contribution in [-0.2, 0) is 9.84 Å². The summed E-state index contributed by atoms with van der Waals surface area (Å²) in [5.74, 6) is 0.233. The SMILES string of the molecule is CCCC(CBr)(CCC)CS(=O)(=O)c1ccc(C)cc1C. The first-order chi connectivity index (χ1) is 9.80. The number of hydrogen-bond donors (Lipinski definition) is 0. The van der Waals surface area contributed by atoms with Crippen molar-refractivity contribution in [1.82, 2.24) is 0 Å². The molecule has 0 aliphatic carbocycles. The van der Waals surface area contributed by atoms with Gasteiger partial charge >= 0.3 is 0 Å². The van der Waals surface area contributed by atoms with Crippen LogP contribution in [-0.4, -0.2) is 19.5 Å². The highest BCUT2D eigenvalue weighted by Crippen LogP contribution is 2.36. The van der Waals surface area contributed by atoms with E-state index < -0.39 is 9.84 Å². The Hall–Kier alpha value is -0.350. The minimum Gasteiger partial charge on any atom is -0.224 e. The lowest BCUT2D eigenvalue weighted by Crippen LogP contribution is -2.32. The minimum absolute atomic E-state index is 0.153. The molecule has 0 saturated carbocycles. The van der Waals surface area contributed by atoms with Gasteiger partial charge in [0.1, 0.15) is 0 Å². The summed E-state index contributed by atoms with van der Waals surface area (Å²) >= 11 is 3.57. The van der Waals surface area contributed by atoms with E-state index >= 15 is 0 Å². The molecule has 0 aliphatic rings. The van der Waals surface area contributed by atoms with Gasteiger partial charge in [-0.1, -0.05) is 60.3 Å². The van der Waals surface area contributed by atoms with Crippen molar-refractivity contribution < 1.29 is 8.42 Å². The molecule has 1 aromatic carbocycles. The quantitative estimate of drug-likeness (QED) is 0.595. The third kappa shape index (κ3) is 4.82. The van der Waals surface area contributed by atoms with Gasteiger partial charge in [0.15, 0.2) is 9.84 Å². The number of hydrogen-bond acceptors (Lipinski definition) is 2. The largest absolute Gasteiger partial charge is 0.224 e. The third-order valence-corrected chi connectivity index (χ3v) is 7.32. The summed E-state index contributed by atoms with van der Waals surface area (Å²) in [5.41, 5.74) is 1.80. The van der Waals surface area contributed by atoms with Crippen molar-refractivity contribution in [3.8, 4) is 0 Å². The average Bonchev–Trinajstić information content (AvgIpc) is 2.38. The topological polar surface area (TPSA) is 34.1 Å². The first-order valence-corrected chi connectivity index (χ1v) is 10.4. The van der Waals surface area contributed by atoms with Gasteiger partial charge in [0, 0.05) is 5.33 Å². The molecule has 0 atom stereocenters. The second-order valence-corrected chi connectivity index (χ2v) is 8.68. The van der Waals surface area contributed by atoms with Gasteiger partial charge < -0.3 is 0 Å². The van der Waals surface area contributed by atoms with Crippen LogP contribution in [0.15, 0.2) is 23.1 Å². The second kappa shape index (κ2) is 7.77. The zero-order chi connectivity index (χ0) is 16.1. The molecule has 1 rings (SSSR count). The highest BCUT2D eigenvalue weighted by Gasteiger charge is 2.34. The van der Waals surface area contributed by atoms with Gasteiger partial charge in [0.2, 0.25) is 0 Å². The van der Waals surface area contributed by atoms with Gasteiger partial charge in [0.05, 0.1) is 10.6 Å². The maximum Gasteiger partial charge on any atom is 0.179 e. The lowest BCUT2D eigenvalue weighted by Gasteiger charge is -2.31. The van der Waals surface area contributed by atoms with Crippen LogP contribution < -0.4 is 0 Å². The Morgan fingerprint density at radius 3 is 2.10 bits per heavy atom. The summed E-state index contributed by atoms with van der Waals surface area (Å²) in [6.45, 7) is 8.11. The standard InChI is InChI=1S/C17H27BrO2S/c1-5-9-17(12-18,10-6-2)13-21(19,20)16-8-7-14(3)11-15(16)4/h7-8,11H,5-6,9-10,12-13H2,1-4H3. The van der Waals surface area contributed by atoms with Crippen LogP contribution in [0.1, 0.15) is 50.7 Å². The van der Waals surface area contributed by atoms with Crippen molar-refractivity contribution >= 4 is 25.8 Å². The smallest absolute Gasteiger partial charge is 0.179 e. The van der Waals surface area contributed by atoms with E-state index in [0.717, 1.165) is 42.1 Å².